The molecule has 0 bridgehead atoms. The zero-order valence-corrected chi connectivity index (χ0v) is 13.3. The van der Waals surface area contributed by atoms with Crippen LogP contribution in [-0.4, -0.2) is 43.7 Å². The first-order valence-corrected chi connectivity index (χ1v) is 7.95. The van der Waals surface area contributed by atoms with Gasteiger partial charge in [-0.15, -0.1) is 0 Å². The molecule has 0 spiro atoms. The predicted octanol–water partition coefficient (Wildman–Crippen LogP) is 1.95. The molecule has 1 heterocycles. The number of fused-ring (bicyclic) bond motifs is 1. The molecule has 1 saturated heterocycles. The van der Waals surface area contributed by atoms with Gasteiger partial charge in [0, 0.05) is 30.3 Å². The second-order valence-electron chi connectivity index (χ2n) is 6.11. The van der Waals surface area contributed by atoms with E-state index in [9.17, 15) is 4.79 Å². The van der Waals surface area contributed by atoms with E-state index < -0.39 is 0 Å². The van der Waals surface area contributed by atoms with Crippen molar-refractivity contribution in [2.24, 2.45) is 0 Å². The first-order chi connectivity index (χ1) is 10.7. The summed E-state index contributed by atoms with van der Waals surface area (Å²) in [7, 11) is 3.32. The van der Waals surface area contributed by atoms with E-state index in [1.807, 2.05) is 18.2 Å². The molecule has 22 heavy (non-hydrogen) atoms. The fraction of sp³-hybridized carbons (Fsp3) is 0.588. The Balaban J connectivity index is 1.80. The number of nitrogens with zero attached hydrogens (tertiary/aromatic N) is 1. The second kappa shape index (κ2) is 6.57. The Hall–Kier alpha value is -1.75. The highest BCUT2D eigenvalue weighted by molar-refractivity contribution is 5.79. The Morgan fingerprint density at radius 1 is 1.23 bits per heavy atom. The molecule has 0 radical (unpaired) electrons. The topological polar surface area (TPSA) is 50.8 Å². The van der Waals surface area contributed by atoms with Crippen LogP contribution in [0.15, 0.2) is 18.2 Å². The maximum absolute atomic E-state index is 12.0. The molecular weight excluding hydrogens is 280 g/mol. The summed E-state index contributed by atoms with van der Waals surface area (Å²) in [6, 6.07) is 6.62. The standard InChI is InChI=1S/C17H24N2O3/c1-21-13-8-7-12(16(9-13)22-2)10-19-11-17(20)18-14-5-3-4-6-15(14)19/h7-9,14-15H,3-6,10-11H2,1-2H3,(H,18,20)/t14-,15-/m0/s1. The third-order valence-electron chi connectivity index (χ3n) is 4.76. The van der Waals surface area contributed by atoms with E-state index in [1.165, 1.54) is 12.8 Å². The Morgan fingerprint density at radius 3 is 2.82 bits per heavy atom. The summed E-state index contributed by atoms with van der Waals surface area (Å²) < 4.78 is 10.7. The minimum absolute atomic E-state index is 0.135. The van der Waals surface area contributed by atoms with Crippen LogP contribution in [0.1, 0.15) is 31.2 Å². The molecule has 1 aliphatic heterocycles. The van der Waals surface area contributed by atoms with E-state index in [2.05, 4.69) is 10.2 Å². The van der Waals surface area contributed by atoms with E-state index in [4.69, 9.17) is 9.47 Å². The molecule has 120 valence electrons. The van der Waals surface area contributed by atoms with E-state index >= 15 is 0 Å². The van der Waals surface area contributed by atoms with Gasteiger partial charge in [0.2, 0.25) is 5.91 Å². The van der Waals surface area contributed by atoms with Crippen molar-refractivity contribution >= 4 is 5.91 Å². The van der Waals surface area contributed by atoms with E-state index in [-0.39, 0.29) is 5.91 Å². The number of hydrogen-bond acceptors (Lipinski definition) is 4. The van der Waals surface area contributed by atoms with Gasteiger partial charge in [-0.05, 0) is 18.9 Å². The zero-order chi connectivity index (χ0) is 15.5. The number of methoxy groups -OCH3 is 2. The summed E-state index contributed by atoms with van der Waals surface area (Å²) >= 11 is 0. The van der Waals surface area contributed by atoms with Crippen LogP contribution in [0.5, 0.6) is 11.5 Å². The number of nitrogens with one attached hydrogen (secondary N) is 1. The Morgan fingerprint density at radius 2 is 2.05 bits per heavy atom. The zero-order valence-electron chi connectivity index (χ0n) is 13.3. The highest BCUT2D eigenvalue weighted by Crippen LogP contribution is 2.30. The minimum atomic E-state index is 0.135. The van der Waals surface area contributed by atoms with Crippen molar-refractivity contribution in [3.8, 4) is 11.5 Å². The number of benzene rings is 1. The first kappa shape index (κ1) is 15.2. The maximum Gasteiger partial charge on any atom is 0.234 e. The van der Waals surface area contributed by atoms with Gasteiger partial charge < -0.3 is 14.8 Å². The van der Waals surface area contributed by atoms with Crippen molar-refractivity contribution in [1.82, 2.24) is 10.2 Å². The number of carbonyl (C=O) groups excluding carboxylic acids is 1. The third-order valence-corrected chi connectivity index (χ3v) is 4.76. The number of amides is 1. The van der Waals surface area contributed by atoms with Gasteiger partial charge in [-0.2, -0.15) is 0 Å². The Kier molecular flexibility index (Phi) is 4.52. The molecule has 2 aliphatic rings. The predicted molar refractivity (Wildman–Crippen MR) is 84.1 cm³/mol. The average molecular weight is 304 g/mol. The Bertz CT molecular complexity index is 547. The molecule has 3 rings (SSSR count). The summed E-state index contributed by atoms with van der Waals surface area (Å²) in [5.74, 6) is 1.74. The SMILES string of the molecule is COc1ccc(CN2CC(=O)N[C@H]3CCCC[C@@H]32)c(OC)c1. The van der Waals surface area contributed by atoms with Crippen LogP contribution >= 0.6 is 0 Å². The normalized spacial score (nSPS) is 25.3. The second-order valence-corrected chi connectivity index (χ2v) is 6.11. The first-order valence-electron chi connectivity index (χ1n) is 7.95. The van der Waals surface area contributed by atoms with E-state index in [1.54, 1.807) is 14.2 Å². The van der Waals surface area contributed by atoms with Gasteiger partial charge in [-0.25, -0.2) is 0 Å². The molecule has 1 saturated carbocycles. The van der Waals surface area contributed by atoms with Gasteiger partial charge in [0.15, 0.2) is 0 Å². The molecule has 1 aliphatic carbocycles. The van der Waals surface area contributed by atoms with Gasteiger partial charge in [-0.3, -0.25) is 9.69 Å². The van der Waals surface area contributed by atoms with Gasteiger partial charge in [0.05, 0.1) is 20.8 Å². The van der Waals surface area contributed by atoms with Crippen molar-refractivity contribution in [2.45, 2.75) is 44.3 Å². The molecule has 1 N–H and O–H groups in total. The maximum atomic E-state index is 12.0. The number of hydrogen-bond donors (Lipinski definition) is 1. The minimum Gasteiger partial charge on any atom is -0.497 e. The lowest BCUT2D eigenvalue weighted by Gasteiger charge is -2.44. The third kappa shape index (κ3) is 3.04. The summed E-state index contributed by atoms with van der Waals surface area (Å²) in [6.07, 6.45) is 4.70. The summed E-state index contributed by atoms with van der Waals surface area (Å²) in [5, 5.41) is 3.15. The molecule has 1 amide bonds. The van der Waals surface area contributed by atoms with Crippen molar-refractivity contribution in [2.75, 3.05) is 20.8 Å². The van der Waals surface area contributed by atoms with E-state index in [0.29, 0.717) is 18.6 Å². The van der Waals surface area contributed by atoms with Crippen LogP contribution in [0, 0.1) is 0 Å². The smallest absolute Gasteiger partial charge is 0.234 e. The number of piperazine rings is 1. The van der Waals surface area contributed by atoms with Gasteiger partial charge in [-0.1, -0.05) is 18.9 Å². The van der Waals surface area contributed by atoms with Crippen LogP contribution in [0.4, 0.5) is 0 Å². The van der Waals surface area contributed by atoms with Gasteiger partial charge >= 0.3 is 0 Å². The average Bonchev–Trinajstić information content (AvgIpc) is 2.55. The van der Waals surface area contributed by atoms with Gasteiger partial charge in [0.25, 0.3) is 0 Å². The van der Waals surface area contributed by atoms with Crippen molar-refractivity contribution in [1.29, 1.82) is 0 Å². The van der Waals surface area contributed by atoms with Crippen LogP contribution < -0.4 is 14.8 Å². The largest absolute Gasteiger partial charge is 0.497 e. The molecule has 5 nitrogen and oxygen atoms in total. The summed E-state index contributed by atoms with van der Waals surface area (Å²) in [4.78, 5) is 14.3. The van der Waals surface area contributed by atoms with Crippen LogP contribution in [0.3, 0.4) is 0 Å². The fourth-order valence-electron chi connectivity index (χ4n) is 3.65. The molecule has 2 fully saturated rings. The molecule has 2 atom stereocenters. The number of rotatable bonds is 4. The van der Waals surface area contributed by atoms with E-state index in [0.717, 1.165) is 36.4 Å². The summed E-state index contributed by atoms with van der Waals surface area (Å²) in [5.41, 5.74) is 1.10. The molecule has 1 aromatic carbocycles. The lowest BCUT2D eigenvalue weighted by Crippen LogP contribution is -2.61. The quantitative estimate of drug-likeness (QED) is 0.924. The number of ether oxygens (including phenoxy) is 2. The molecule has 0 aromatic heterocycles. The van der Waals surface area contributed by atoms with Crippen LogP contribution in [0.2, 0.25) is 0 Å². The van der Waals surface area contributed by atoms with Gasteiger partial charge in [0.1, 0.15) is 11.5 Å². The fourth-order valence-corrected chi connectivity index (χ4v) is 3.65. The lowest BCUT2D eigenvalue weighted by atomic mass is 9.87. The van der Waals surface area contributed by atoms with Crippen molar-refractivity contribution in [3.05, 3.63) is 23.8 Å². The van der Waals surface area contributed by atoms with Crippen molar-refractivity contribution in [3.63, 3.8) is 0 Å². The molecule has 1 aromatic rings. The number of carbonyl (C=O) groups is 1. The highest BCUT2D eigenvalue weighted by Gasteiger charge is 2.36. The molecule has 5 heteroatoms. The highest BCUT2D eigenvalue weighted by atomic mass is 16.5. The lowest BCUT2D eigenvalue weighted by molar-refractivity contribution is -0.128. The molecular formula is C17H24N2O3. The Labute approximate surface area is 131 Å². The van der Waals surface area contributed by atoms with Crippen LogP contribution in [-0.2, 0) is 11.3 Å². The van der Waals surface area contributed by atoms with Crippen molar-refractivity contribution < 1.29 is 14.3 Å². The van der Waals surface area contributed by atoms with Crippen LogP contribution in [0.25, 0.3) is 0 Å². The molecule has 0 unspecified atom stereocenters. The summed E-state index contributed by atoms with van der Waals surface area (Å²) in [6.45, 7) is 1.21. The monoisotopic (exact) mass is 304 g/mol.